The maximum atomic E-state index is 5.86. The number of aromatic nitrogens is 2. The number of nitrogens with one attached hydrogen (secondary N) is 1. The molecule has 1 aromatic carbocycles. The van der Waals surface area contributed by atoms with Crippen molar-refractivity contribution < 1.29 is 4.74 Å². The van der Waals surface area contributed by atoms with Gasteiger partial charge in [-0.25, -0.2) is 4.98 Å². The van der Waals surface area contributed by atoms with E-state index in [-0.39, 0.29) is 30.9 Å². The Labute approximate surface area is 160 Å². The predicted molar refractivity (Wildman–Crippen MR) is 106 cm³/mol. The highest BCUT2D eigenvalue weighted by Crippen LogP contribution is 2.35. The van der Waals surface area contributed by atoms with E-state index >= 15 is 0 Å². The van der Waals surface area contributed by atoms with Crippen LogP contribution < -0.4 is 21.5 Å². The van der Waals surface area contributed by atoms with E-state index in [1.54, 1.807) is 0 Å². The maximum absolute atomic E-state index is 5.86. The molecule has 0 saturated heterocycles. The monoisotopic (exact) mass is 385 g/mol. The fourth-order valence-corrected chi connectivity index (χ4v) is 2.82. The van der Waals surface area contributed by atoms with Crippen LogP contribution in [0.1, 0.15) is 36.9 Å². The van der Waals surface area contributed by atoms with Crippen molar-refractivity contribution in [2.24, 2.45) is 5.73 Å². The second-order valence-electron chi connectivity index (χ2n) is 5.86. The zero-order valence-corrected chi connectivity index (χ0v) is 15.8. The molecule has 25 heavy (non-hydrogen) atoms. The van der Waals surface area contributed by atoms with Crippen LogP contribution in [0.4, 0.5) is 11.8 Å². The number of benzene rings is 1. The molecule has 0 aliphatic heterocycles. The molecule has 3 rings (SSSR count). The number of nitrogen functional groups attached to an aromatic ring is 1. The van der Waals surface area contributed by atoms with Gasteiger partial charge >= 0.3 is 0 Å². The second-order valence-corrected chi connectivity index (χ2v) is 5.86. The Morgan fingerprint density at radius 2 is 1.92 bits per heavy atom. The maximum Gasteiger partial charge on any atom is 0.222 e. The van der Waals surface area contributed by atoms with E-state index in [0.29, 0.717) is 25.0 Å². The Hall–Kier alpha value is -1.76. The number of para-hydroxylation sites is 1. The lowest BCUT2D eigenvalue weighted by molar-refractivity contribution is 0.337. The lowest BCUT2D eigenvalue weighted by Crippen LogP contribution is -2.35. The van der Waals surface area contributed by atoms with Crippen LogP contribution in [0.15, 0.2) is 30.3 Å². The molecule has 2 aromatic rings. The molecule has 0 unspecified atom stereocenters. The van der Waals surface area contributed by atoms with Crippen LogP contribution in [-0.2, 0) is 6.54 Å². The van der Waals surface area contributed by atoms with Gasteiger partial charge in [-0.05, 0) is 25.8 Å². The molecule has 6 nitrogen and oxygen atoms in total. The topological polar surface area (TPSA) is 99.1 Å². The van der Waals surface area contributed by atoms with E-state index in [0.717, 1.165) is 35.7 Å². The summed E-state index contributed by atoms with van der Waals surface area (Å²) in [4.78, 5) is 8.61. The number of nitrogens with zero attached hydrogens (tertiary/aromatic N) is 2. The van der Waals surface area contributed by atoms with Crippen molar-refractivity contribution in [1.82, 2.24) is 9.97 Å². The average molecular weight is 386 g/mol. The summed E-state index contributed by atoms with van der Waals surface area (Å²) in [7, 11) is 0. The summed E-state index contributed by atoms with van der Waals surface area (Å²) in [5.74, 6) is 2.31. The van der Waals surface area contributed by atoms with E-state index in [1.807, 2.05) is 37.3 Å². The Bertz CT molecular complexity index is 680. The van der Waals surface area contributed by atoms with Crippen molar-refractivity contribution in [3.8, 4) is 5.75 Å². The normalized spacial score (nSPS) is 18.3. The van der Waals surface area contributed by atoms with Crippen LogP contribution in [0.25, 0.3) is 0 Å². The molecule has 1 aliphatic carbocycles. The lowest BCUT2D eigenvalue weighted by atomic mass is 9.78. The van der Waals surface area contributed by atoms with Gasteiger partial charge in [-0.1, -0.05) is 18.2 Å². The average Bonchev–Trinajstić information content (AvgIpc) is 2.51. The largest absolute Gasteiger partial charge is 0.494 e. The van der Waals surface area contributed by atoms with Crippen LogP contribution in [-0.4, -0.2) is 22.6 Å². The standard InChI is InChI=1S/C17H23N5O.2ClH/c1-2-23-15-6-4-3-5-11(15)10-20-16-9-14(21-17(19)22-16)12-7-13(18)8-12;;/h3-6,9,12-13H,2,7-8,10,18H2,1H3,(H3,19,20,21,22);2*1H. The zero-order valence-electron chi connectivity index (χ0n) is 14.1. The van der Waals surface area contributed by atoms with Gasteiger partial charge in [-0.3, -0.25) is 0 Å². The molecular formula is C17H25Cl2N5O. The quantitative estimate of drug-likeness (QED) is 0.706. The van der Waals surface area contributed by atoms with Gasteiger partial charge in [0, 0.05) is 30.1 Å². The molecule has 1 aliphatic rings. The number of anilines is 2. The third-order valence-electron chi connectivity index (χ3n) is 4.09. The molecule has 0 spiro atoms. The first-order chi connectivity index (χ1) is 11.2. The van der Waals surface area contributed by atoms with Crippen molar-refractivity contribution in [3.63, 3.8) is 0 Å². The molecule has 1 heterocycles. The SMILES string of the molecule is CCOc1ccccc1CNc1cc(C2CC(N)C2)nc(N)n1.Cl.Cl. The Morgan fingerprint density at radius 1 is 1.20 bits per heavy atom. The van der Waals surface area contributed by atoms with Gasteiger partial charge in [0.05, 0.1) is 12.3 Å². The molecule has 0 amide bonds. The molecule has 138 valence electrons. The molecule has 1 saturated carbocycles. The summed E-state index contributed by atoms with van der Waals surface area (Å²) < 4.78 is 5.64. The predicted octanol–water partition coefficient (Wildman–Crippen LogP) is 3.12. The smallest absolute Gasteiger partial charge is 0.222 e. The van der Waals surface area contributed by atoms with Crippen LogP contribution in [0.2, 0.25) is 0 Å². The Balaban J connectivity index is 0.00000156. The summed E-state index contributed by atoms with van der Waals surface area (Å²) >= 11 is 0. The minimum absolute atomic E-state index is 0. The van der Waals surface area contributed by atoms with Crippen molar-refractivity contribution in [2.75, 3.05) is 17.7 Å². The summed E-state index contributed by atoms with van der Waals surface area (Å²) in [6.07, 6.45) is 1.92. The fraction of sp³-hybridized carbons (Fsp3) is 0.412. The van der Waals surface area contributed by atoms with Crippen LogP contribution in [0.5, 0.6) is 5.75 Å². The Kier molecular flexibility index (Phi) is 8.22. The summed E-state index contributed by atoms with van der Waals surface area (Å²) in [6, 6.07) is 10.2. The van der Waals surface area contributed by atoms with Crippen molar-refractivity contribution in [1.29, 1.82) is 0 Å². The van der Waals surface area contributed by atoms with Crippen molar-refractivity contribution >= 4 is 36.6 Å². The highest BCUT2D eigenvalue weighted by atomic mass is 35.5. The number of nitrogens with two attached hydrogens (primary N) is 2. The minimum Gasteiger partial charge on any atom is -0.494 e. The molecule has 0 bridgehead atoms. The van der Waals surface area contributed by atoms with E-state index in [1.165, 1.54) is 0 Å². The summed E-state index contributed by atoms with van der Waals surface area (Å²) in [6.45, 7) is 3.24. The molecule has 0 atom stereocenters. The van der Waals surface area contributed by atoms with Gasteiger partial charge in [-0.2, -0.15) is 4.98 Å². The molecule has 5 N–H and O–H groups in total. The van der Waals surface area contributed by atoms with Gasteiger partial charge in [0.15, 0.2) is 0 Å². The van der Waals surface area contributed by atoms with Crippen LogP contribution >= 0.6 is 24.8 Å². The van der Waals surface area contributed by atoms with Gasteiger partial charge in [0.25, 0.3) is 0 Å². The van der Waals surface area contributed by atoms with Crippen LogP contribution in [0, 0.1) is 0 Å². The second kappa shape index (κ2) is 9.65. The van der Waals surface area contributed by atoms with E-state index < -0.39 is 0 Å². The van der Waals surface area contributed by atoms with Crippen molar-refractivity contribution in [2.45, 2.75) is 38.3 Å². The third kappa shape index (κ3) is 5.36. The molecule has 0 radical (unpaired) electrons. The number of hydrogen-bond donors (Lipinski definition) is 3. The highest BCUT2D eigenvalue weighted by Gasteiger charge is 2.29. The Morgan fingerprint density at radius 3 is 2.60 bits per heavy atom. The van der Waals surface area contributed by atoms with Gasteiger partial charge < -0.3 is 21.5 Å². The minimum atomic E-state index is 0. The third-order valence-corrected chi connectivity index (χ3v) is 4.09. The molecule has 1 fully saturated rings. The number of rotatable bonds is 6. The summed E-state index contributed by atoms with van der Waals surface area (Å²) in [5.41, 5.74) is 13.8. The first kappa shape index (κ1) is 21.3. The lowest BCUT2D eigenvalue weighted by Gasteiger charge is -2.32. The molecule has 8 heteroatoms. The van der Waals surface area contributed by atoms with Gasteiger partial charge in [0.1, 0.15) is 11.6 Å². The molecular weight excluding hydrogens is 361 g/mol. The molecule has 1 aromatic heterocycles. The van der Waals surface area contributed by atoms with E-state index in [2.05, 4.69) is 15.3 Å². The number of hydrogen-bond acceptors (Lipinski definition) is 6. The van der Waals surface area contributed by atoms with Crippen molar-refractivity contribution in [3.05, 3.63) is 41.6 Å². The highest BCUT2D eigenvalue weighted by molar-refractivity contribution is 5.85. The van der Waals surface area contributed by atoms with Gasteiger partial charge in [-0.15, -0.1) is 24.8 Å². The van der Waals surface area contributed by atoms with E-state index in [9.17, 15) is 0 Å². The zero-order chi connectivity index (χ0) is 16.2. The van der Waals surface area contributed by atoms with Gasteiger partial charge in [0.2, 0.25) is 5.95 Å². The van der Waals surface area contributed by atoms with Crippen LogP contribution in [0.3, 0.4) is 0 Å². The summed E-state index contributed by atoms with van der Waals surface area (Å²) in [5, 5.41) is 3.31. The first-order valence-electron chi connectivity index (χ1n) is 8.00. The van der Waals surface area contributed by atoms with E-state index in [4.69, 9.17) is 16.2 Å². The first-order valence-corrected chi connectivity index (χ1v) is 8.00. The number of halogens is 2. The number of ether oxygens (including phenoxy) is 1. The fourth-order valence-electron chi connectivity index (χ4n) is 2.82.